The van der Waals surface area contributed by atoms with E-state index in [0.29, 0.717) is 32.4 Å². The Morgan fingerprint density at radius 1 is 1.17 bits per heavy atom. The van der Waals surface area contributed by atoms with Crippen LogP contribution in [0.5, 0.6) is 0 Å². The number of nitrogens with zero attached hydrogens (tertiary/aromatic N) is 4. The van der Waals surface area contributed by atoms with Crippen molar-refractivity contribution in [1.82, 2.24) is 20.0 Å². The number of carbonyl (C=O) groups excluding carboxylic acids is 2. The molecule has 0 aliphatic carbocycles. The summed E-state index contributed by atoms with van der Waals surface area (Å²) in [6, 6.07) is 12.7. The largest absolute Gasteiger partial charge is 0.353 e. The summed E-state index contributed by atoms with van der Waals surface area (Å²) in [5, 5.41) is 7.62. The fourth-order valence-electron chi connectivity index (χ4n) is 4.39. The zero-order valence-corrected chi connectivity index (χ0v) is 17.7. The van der Waals surface area contributed by atoms with Gasteiger partial charge in [-0.15, -0.1) is 0 Å². The van der Waals surface area contributed by atoms with E-state index in [-0.39, 0.29) is 17.9 Å². The number of hydrogen-bond acceptors (Lipinski definition) is 4. The minimum Gasteiger partial charge on any atom is -0.353 e. The number of amides is 2. The Bertz CT molecular complexity index is 871. The average molecular weight is 410 g/mol. The summed E-state index contributed by atoms with van der Waals surface area (Å²) < 4.78 is 1.89. The summed E-state index contributed by atoms with van der Waals surface area (Å²) in [6.45, 7) is 6.12. The second-order valence-electron chi connectivity index (χ2n) is 8.37. The van der Waals surface area contributed by atoms with Gasteiger partial charge in [0.2, 0.25) is 11.8 Å². The van der Waals surface area contributed by atoms with Gasteiger partial charge in [0.1, 0.15) is 5.82 Å². The van der Waals surface area contributed by atoms with Gasteiger partial charge in [0.15, 0.2) is 0 Å². The predicted octanol–water partition coefficient (Wildman–Crippen LogP) is 2.49. The summed E-state index contributed by atoms with van der Waals surface area (Å²) in [7, 11) is 0. The van der Waals surface area contributed by atoms with E-state index in [4.69, 9.17) is 0 Å². The molecule has 1 N–H and O–H groups in total. The first kappa shape index (κ1) is 20.6. The van der Waals surface area contributed by atoms with E-state index in [1.54, 1.807) is 4.90 Å². The van der Waals surface area contributed by atoms with Crippen LogP contribution in [0.25, 0.3) is 0 Å². The summed E-state index contributed by atoms with van der Waals surface area (Å²) in [5.41, 5.74) is 2.25. The minimum absolute atomic E-state index is 0.0886. The minimum atomic E-state index is 0.0886. The fourth-order valence-corrected chi connectivity index (χ4v) is 4.39. The zero-order valence-electron chi connectivity index (χ0n) is 17.7. The molecule has 1 aromatic carbocycles. The number of likely N-dealkylation sites (tertiary alicyclic amines) is 1. The molecule has 1 aromatic heterocycles. The number of hydrogen-bond donors (Lipinski definition) is 1. The van der Waals surface area contributed by atoms with Gasteiger partial charge in [0, 0.05) is 51.1 Å². The molecule has 1 saturated heterocycles. The highest BCUT2D eigenvalue weighted by Gasteiger charge is 2.26. The molecule has 3 heterocycles. The highest BCUT2D eigenvalue weighted by atomic mass is 16.2. The third kappa shape index (κ3) is 5.08. The molecule has 0 saturated carbocycles. The number of carbonyl (C=O) groups is 2. The van der Waals surface area contributed by atoms with E-state index < -0.39 is 0 Å². The predicted molar refractivity (Wildman–Crippen MR) is 116 cm³/mol. The van der Waals surface area contributed by atoms with Crippen LogP contribution in [0.4, 0.5) is 5.82 Å². The Hall–Kier alpha value is -2.67. The summed E-state index contributed by atoms with van der Waals surface area (Å²) >= 11 is 0. The molecule has 2 aromatic rings. The second kappa shape index (κ2) is 9.43. The Morgan fingerprint density at radius 2 is 1.93 bits per heavy atom. The number of aromatic nitrogens is 2. The van der Waals surface area contributed by atoms with Crippen LogP contribution >= 0.6 is 0 Å². The Morgan fingerprint density at radius 3 is 2.70 bits per heavy atom. The van der Waals surface area contributed by atoms with Gasteiger partial charge >= 0.3 is 0 Å². The molecule has 30 heavy (non-hydrogen) atoms. The van der Waals surface area contributed by atoms with E-state index in [0.717, 1.165) is 44.0 Å². The lowest BCUT2D eigenvalue weighted by molar-refractivity contribution is -0.123. The molecule has 2 aliphatic heterocycles. The molecule has 0 unspecified atom stereocenters. The fraction of sp³-hybridized carbons (Fsp3) is 0.522. The van der Waals surface area contributed by atoms with Crippen molar-refractivity contribution in [2.24, 2.45) is 0 Å². The molecule has 2 amide bonds. The molecule has 7 nitrogen and oxygen atoms in total. The van der Waals surface area contributed by atoms with Crippen molar-refractivity contribution in [2.45, 2.75) is 58.2 Å². The first-order valence-corrected chi connectivity index (χ1v) is 11.0. The molecule has 0 spiro atoms. The van der Waals surface area contributed by atoms with Gasteiger partial charge in [-0.25, -0.2) is 4.68 Å². The molecular formula is C23H31N5O2. The Balaban J connectivity index is 1.18. The quantitative estimate of drug-likeness (QED) is 0.763. The van der Waals surface area contributed by atoms with Crippen LogP contribution in [0.2, 0.25) is 0 Å². The lowest BCUT2D eigenvalue weighted by Crippen LogP contribution is -2.44. The first-order chi connectivity index (χ1) is 14.6. The molecular weight excluding hydrogens is 378 g/mol. The number of nitrogens with one attached hydrogen (secondary N) is 1. The van der Waals surface area contributed by atoms with E-state index in [9.17, 15) is 9.59 Å². The van der Waals surface area contributed by atoms with Crippen molar-refractivity contribution >= 4 is 17.6 Å². The van der Waals surface area contributed by atoms with Crippen molar-refractivity contribution < 1.29 is 9.59 Å². The number of piperidine rings is 1. The number of benzene rings is 1. The van der Waals surface area contributed by atoms with Crippen LogP contribution in [-0.2, 0) is 22.7 Å². The van der Waals surface area contributed by atoms with Crippen LogP contribution in [-0.4, -0.2) is 52.2 Å². The van der Waals surface area contributed by atoms with Crippen LogP contribution in [0.15, 0.2) is 36.4 Å². The summed E-state index contributed by atoms with van der Waals surface area (Å²) in [5.74, 6) is 1.06. The third-order valence-corrected chi connectivity index (χ3v) is 5.98. The van der Waals surface area contributed by atoms with E-state index in [1.807, 2.05) is 23.7 Å². The average Bonchev–Trinajstić information content (AvgIpc) is 3.12. The lowest BCUT2D eigenvalue weighted by atomic mass is 10.0. The monoisotopic (exact) mass is 409 g/mol. The molecule has 0 atom stereocenters. The van der Waals surface area contributed by atoms with Gasteiger partial charge in [0.25, 0.3) is 0 Å². The maximum absolute atomic E-state index is 12.4. The summed E-state index contributed by atoms with van der Waals surface area (Å²) in [4.78, 5) is 28.9. The molecule has 2 aliphatic rings. The molecule has 0 radical (unpaired) electrons. The maximum Gasteiger partial charge on any atom is 0.229 e. The van der Waals surface area contributed by atoms with Crippen molar-refractivity contribution in [3.63, 3.8) is 0 Å². The van der Waals surface area contributed by atoms with Gasteiger partial charge in [-0.1, -0.05) is 30.3 Å². The van der Waals surface area contributed by atoms with Gasteiger partial charge in [-0.2, -0.15) is 5.10 Å². The molecule has 4 rings (SSSR count). The van der Waals surface area contributed by atoms with Crippen molar-refractivity contribution in [2.75, 3.05) is 24.5 Å². The summed E-state index contributed by atoms with van der Waals surface area (Å²) in [6.07, 6.45) is 3.56. The standard InChI is InChI=1S/C23H31N5O2/c1-18-16-22-27(23(30)11-15-28(22)25-18)12-5-8-21(29)24-20-9-13-26(14-10-20)17-19-6-3-2-4-7-19/h2-4,6-7,16,20H,5,8-15,17H2,1H3,(H,24,29). The van der Waals surface area contributed by atoms with Crippen LogP contribution < -0.4 is 10.2 Å². The van der Waals surface area contributed by atoms with Crippen molar-refractivity contribution in [3.8, 4) is 0 Å². The smallest absolute Gasteiger partial charge is 0.229 e. The van der Waals surface area contributed by atoms with Crippen molar-refractivity contribution in [3.05, 3.63) is 47.7 Å². The van der Waals surface area contributed by atoms with Gasteiger partial charge in [-0.05, 0) is 31.7 Å². The second-order valence-corrected chi connectivity index (χ2v) is 8.37. The van der Waals surface area contributed by atoms with Crippen molar-refractivity contribution in [1.29, 1.82) is 0 Å². The van der Waals surface area contributed by atoms with E-state index in [1.165, 1.54) is 5.56 Å². The van der Waals surface area contributed by atoms with Crippen LogP contribution in [0.3, 0.4) is 0 Å². The van der Waals surface area contributed by atoms with Crippen LogP contribution in [0.1, 0.15) is 43.4 Å². The topological polar surface area (TPSA) is 70.5 Å². The Kier molecular flexibility index (Phi) is 6.47. The Labute approximate surface area is 178 Å². The molecule has 0 bridgehead atoms. The SMILES string of the molecule is Cc1cc2n(n1)CCC(=O)N2CCCC(=O)NC1CCN(Cc2ccccc2)CC1. The van der Waals surface area contributed by atoms with Gasteiger partial charge in [0.05, 0.1) is 12.2 Å². The normalized spacial score (nSPS) is 17.8. The zero-order chi connectivity index (χ0) is 20.9. The lowest BCUT2D eigenvalue weighted by Gasteiger charge is -2.32. The molecule has 1 fully saturated rings. The van der Waals surface area contributed by atoms with Gasteiger partial charge in [-0.3, -0.25) is 19.4 Å². The molecule has 7 heteroatoms. The number of aryl methyl sites for hydroxylation is 2. The number of fused-ring (bicyclic) bond motifs is 1. The van der Waals surface area contributed by atoms with Crippen LogP contribution in [0, 0.1) is 6.92 Å². The first-order valence-electron chi connectivity index (χ1n) is 11.0. The highest BCUT2D eigenvalue weighted by molar-refractivity contribution is 5.93. The third-order valence-electron chi connectivity index (χ3n) is 5.98. The van der Waals surface area contributed by atoms with E-state index in [2.05, 4.69) is 39.6 Å². The number of rotatable bonds is 7. The molecule has 160 valence electrons. The maximum atomic E-state index is 12.4. The van der Waals surface area contributed by atoms with Gasteiger partial charge < -0.3 is 5.32 Å². The highest BCUT2D eigenvalue weighted by Crippen LogP contribution is 2.23. The van der Waals surface area contributed by atoms with E-state index >= 15 is 0 Å². The number of anilines is 1.